The third kappa shape index (κ3) is 10.8. The summed E-state index contributed by atoms with van der Waals surface area (Å²) in [5.41, 5.74) is 1.56. The molecule has 7 heterocycles. The summed E-state index contributed by atoms with van der Waals surface area (Å²) in [6.07, 6.45) is -30.8. The van der Waals surface area contributed by atoms with Crippen molar-refractivity contribution >= 4 is 0 Å². The smallest absolute Gasteiger partial charge is 0.187 e. The molecule has 10 fully saturated rings. The third-order valence-electron chi connectivity index (χ3n) is 21.5. The first-order valence-electron chi connectivity index (χ1n) is 29.8. The fraction of sp³-hybridized carbons (Fsp3) is 0.964. The Kier molecular flexibility index (Phi) is 18.4. The van der Waals surface area contributed by atoms with Gasteiger partial charge in [-0.1, -0.05) is 39.3 Å². The van der Waals surface area contributed by atoms with E-state index in [1.807, 2.05) is 0 Å². The van der Waals surface area contributed by atoms with Gasteiger partial charge < -0.3 is 128 Å². The van der Waals surface area contributed by atoms with Gasteiger partial charge in [-0.2, -0.15) is 0 Å². The van der Waals surface area contributed by atoms with Crippen molar-refractivity contribution in [2.75, 3.05) is 33.0 Å². The van der Waals surface area contributed by atoms with E-state index >= 15 is 0 Å². The highest BCUT2D eigenvalue weighted by Gasteiger charge is 2.69. The van der Waals surface area contributed by atoms with Crippen LogP contribution < -0.4 is 0 Å². The van der Waals surface area contributed by atoms with E-state index in [0.29, 0.717) is 41.9 Å². The lowest BCUT2D eigenvalue weighted by Crippen LogP contribution is -2.68. The van der Waals surface area contributed by atoms with Gasteiger partial charge in [0.1, 0.15) is 110 Å². The number of aliphatic hydroxyl groups excluding tert-OH is 14. The summed E-state index contributed by atoms with van der Waals surface area (Å²) in [5.74, 6) is 2.59. The molecule has 0 aromatic rings. The lowest BCUT2D eigenvalue weighted by Gasteiger charge is -2.58. The van der Waals surface area contributed by atoms with Crippen LogP contribution in [0.4, 0.5) is 0 Å². The van der Waals surface area contributed by atoms with E-state index in [1.165, 1.54) is 12.5 Å². The maximum atomic E-state index is 11.7. The molecule has 26 heteroatoms. The molecule has 7 saturated heterocycles. The third-order valence-corrected chi connectivity index (χ3v) is 21.5. The minimum absolute atomic E-state index is 0.000644. The van der Waals surface area contributed by atoms with Crippen LogP contribution in [0.1, 0.15) is 92.4 Å². The van der Waals surface area contributed by atoms with E-state index in [2.05, 4.69) is 33.8 Å². The van der Waals surface area contributed by atoms with E-state index in [9.17, 15) is 71.5 Å². The monoisotopic (exact) mass is 1180 g/mol. The predicted octanol–water partition coefficient (Wildman–Crippen LogP) is -3.50. The summed E-state index contributed by atoms with van der Waals surface area (Å²) in [7, 11) is 0. The molecule has 470 valence electrons. The standard InChI is InChI=1S/C56H90O26/c1-21-8-13-56(72-19-21)22(2)34-29(82-56)15-28-26-7-6-24-14-25(9-11-54(24,4)27(26)10-12-55(28,34)5)74-49-42(67)37(62)33(20-71-49)78-50-45(70)41(66)46(23(3)73-50)79-53-48(81-52-44(69)40(65)36(61)31(17-58)76-52)47(38(63)32(18-59)77-53)80-51-43(68)39(64)35(60)30(16-57)75-51/h6,21-23,25-53,57-70H,7-20H2,1-5H3. The quantitative estimate of drug-likeness (QED) is 0.0796. The molecule has 3 saturated carbocycles. The van der Waals surface area contributed by atoms with Crippen molar-refractivity contribution in [3.8, 4) is 0 Å². The molecule has 14 N–H and O–H groups in total. The molecule has 0 bridgehead atoms. The van der Waals surface area contributed by atoms with Gasteiger partial charge in [-0.25, -0.2) is 0 Å². The van der Waals surface area contributed by atoms with Gasteiger partial charge in [0.2, 0.25) is 0 Å². The number of ether oxygens (including phenoxy) is 12. The predicted molar refractivity (Wildman–Crippen MR) is 273 cm³/mol. The summed E-state index contributed by atoms with van der Waals surface area (Å²) < 4.78 is 73.2. The Hall–Kier alpha value is -1.30. The molecule has 35 atom stereocenters. The van der Waals surface area contributed by atoms with Crippen molar-refractivity contribution in [2.45, 2.75) is 258 Å². The zero-order chi connectivity index (χ0) is 58.6. The molecule has 0 radical (unpaired) electrons. The van der Waals surface area contributed by atoms with E-state index in [1.54, 1.807) is 0 Å². The molecular weight excluding hydrogens is 1090 g/mol. The van der Waals surface area contributed by atoms with Crippen molar-refractivity contribution in [1.82, 2.24) is 0 Å². The highest BCUT2D eigenvalue weighted by Crippen LogP contribution is 2.71. The van der Waals surface area contributed by atoms with Crippen LogP contribution in [0.3, 0.4) is 0 Å². The molecule has 82 heavy (non-hydrogen) atoms. The summed E-state index contributed by atoms with van der Waals surface area (Å²) in [6.45, 7) is 8.78. The van der Waals surface area contributed by atoms with Crippen LogP contribution in [0.5, 0.6) is 0 Å². The number of aliphatic hydroxyl groups is 14. The van der Waals surface area contributed by atoms with Crippen LogP contribution in [-0.2, 0) is 56.8 Å². The molecule has 0 aromatic carbocycles. The van der Waals surface area contributed by atoms with Crippen molar-refractivity contribution in [2.24, 2.45) is 46.3 Å². The second-order valence-electron chi connectivity index (χ2n) is 26.2. The molecule has 35 unspecified atom stereocenters. The van der Waals surface area contributed by atoms with Crippen LogP contribution in [0.2, 0.25) is 0 Å². The van der Waals surface area contributed by atoms with E-state index in [0.717, 1.165) is 58.0 Å². The normalized spacial score (nSPS) is 56.9. The minimum Gasteiger partial charge on any atom is -0.394 e. The lowest BCUT2D eigenvalue weighted by molar-refractivity contribution is -0.406. The summed E-state index contributed by atoms with van der Waals surface area (Å²) in [4.78, 5) is 0. The number of hydrogen-bond donors (Lipinski definition) is 14. The van der Waals surface area contributed by atoms with Crippen LogP contribution in [0.25, 0.3) is 0 Å². The first kappa shape index (κ1) is 62.3. The van der Waals surface area contributed by atoms with Crippen LogP contribution in [-0.4, -0.2) is 270 Å². The Morgan fingerprint density at radius 1 is 0.537 bits per heavy atom. The van der Waals surface area contributed by atoms with Crippen LogP contribution >= 0.6 is 0 Å². The van der Waals surface area contributed by atoms with Gasteiger partial charge in [-0.3, -0.25) is 0 Å². The van der Waals surface area contributed by atoms with E-state index < -0.39 is 173 Å². The summed E-state index contributed by atoms with van der Waals surface area (Å²) >= 11 is 0. The zero-order valence-corrected chi connectivity index (χ0v) is 47.1. The highest BCUT2D eigenvalue weighted by atomic mass is 16.8. The largest absolute Gasteiger partial charge is 0.394 e. The number of allylic oxidation sites excluding steroid dienone is 1. The molecule has 11 aliphatic rings. The second-order valence-corrected chi connectivity index (χ2v) is 26.2. The number of fused-ring (bicyclic) bond motifs is 7. The Morgan fingerprint density at radius 2 is 1.12 bits per heavy atom. The van der Waals surface area contributed by atoms with E-state index in [4.69, 9.17) is 56.8 Å². The van der Waals surface area contributed by atoms with Gasteiger partial charge in [-0.05, 0) is 98.7 Å². The van der Waals surface area contributed by atoms with Gasteiger partial charge in [0, 0.05) is 12.3 Å². The Morgan fingerprint density at radius 3 is 1.76 bits per heavy atom. The Bertz CT molecular complexity index is 2190. The first-order valence-corrected chi connectivity index (χ1v) is 29.8. The first-order chi connectivity index (χ1) is 39.0. The maximum absolute atomic E-state index is 11.7. The summed E-state index contributed by atoms with van der Waals surface area (Å²) in [5, 5.41) is 152. The fourth-order valence-electron chi connectivity index (χ4n) is 16.7. The summed E-state index contributed by atoms with van der Waals surface area (Å²) in [6, 6.07) is 0. The van der Waals surface area contributed by atoms with Crippen LogP contribution in [0.15, 0.2) is 11.6 Å². The molecule has 7 aliphatic heterocycles. The Labute approximate surface area is 476 Å². The molecule has 0 aromatic heterocycles. The highest BCUT2D eigenvalue weighted by molar-refractivity contribution is 5.26. The average molecular weight is 1180 g/mol. The van der Waals surface area contributed by atoms with Crippen molar-refractivity contribution in [3.63, 3.8) is 0 Å². The topological polar surface area (TPSA) is 394 Å². The molecule has 26 nitrogen and oxygen atoms in total. The van der Waals surface area contributed by atoms with Gasteiger partial charge in [0.25, 0.3) is 0 Å². The van der Waals surface area contributed by atoms with Crippen molar-refractivity contribution < 1.29 is 128 Å². The Balaban J connectivity index is 0.717. The molecule has 4 aliphatic carbocycles. The maximum Gasteiger partial charge on any atom is 0.187 e. The average Bonchev–Trinajstić information content (AvgIpc) is 1.78. The van der Waals surface area contributed by atoms with Crippen molar-refractivity contribution in [1.29, 1.82) is 0 Å². The van der Waals surface area contributed by atoms with Gasteiger partial charge in [0.15, 0.2) is 37.2 Å². The minimum atomic E-state index is -2.05. The van der Waals surface area contributed by atoms with Gasteiger partial charge in [-0.15, -0.1) is 0 Å². The van der Waals surface area contributed by atoms with Gasteiger partial charge >= 0.3 is 0 Å². The zero-order valence-electron chi connectivity index (χ0n) is 47.1. The number of hydrogen-bond acceptors (Lipinski definition) is 26. The lowest BCUT2D eigenvalue weighted by atomic mass is 9.47. The molecule has 11 rings (SSSR count). The van der Waals surface area contributed by atoms with Crippen molar-refractivity contribution in [3.05, 3.63) is 11.6 Å². The number of rotatable bonds is 13. The second kappa shape index (κ2) is 24.2. The fourth-order valence-corrected chi connectivity index (χ4v) is 16.7. The van der Waals surface area contributed by atoms with E-state index in [-0.39, 0.29) is 29.6 Å². The molecule has 1 spiro atoms. The molecular formula is C56H90O26. The van der Waals surface area contributed by atoms with Gasteiger partial charge in [0.05, 0.1) is 51.3 Å². The SMILES string of the molecule is CC1CCC2(OC1)OC1CC3C4CC=C5CC(OC6OCC(OC7OC(C)C(OC8OC(CO)C(O)C(OC9OC(CO)C(O)C(O)C9O)C8OC8OC(CO)C(O)C(O)C8O)C(O)C7O)C(O)C6O)CCC5(C)C4CCC3(C)C1C2C. The molecule has 0 amide bonds. The van der Waals surface area contributed by atoms with Crippen LogP contribution in [0, 0.1) is 46.3 Å².